The van der Waals surface area contributed by atoms with Crippen molar-refractivity contribution in [3.8, 4) is 0 Å². The summed E-state index contributed by atoms with van der Waals surface area (Å²) in [6.45, 7) is 0. The lowest BCUT2D eigenvalue weighted by molar-refractivity contribution is -0.126. The Balaban J connectivity index is 1.54. The minimum Gasteiger partial charge on any atom is -0.478 e. The van der Waals surface area contributed by atoms with E-state index in [4.69, 9.17) is 9.94 Å². The Morgan fingerprint density at radius 1 is 0.853 bits per heavy atom. The topological polar surface area (TPSA) is 90.4 Å². The third-order valence-corrected chi connectivity index (χ3v) is 6.25. The number of amides is 2. The Morgan fingerprint density at radius 2 is 1.50 bits per heavy atom. The van der Waals surface area contributed by atoms with Crippen LogP contribution in [0.3, 0.4) is 0 Å². The molecule has 172 valence electrons. The molecule has 5 rings (SSSR count). The van der Waals surface area contributed by atoms with Crippen LogP contribution >= 0.6 is 0 Å². The smallest absolute Gasteiger partial charge is 0.335 e. The minimum absolute atomic E-state index is 0.0772. The SMILES string of the molecule is CN(C)c1ccc([C@H]2[C@H]3C(=O)N(c4ccc(C(=O)O)cc4)C(=O)[C@H]3ON2c2ccccc2)cc1. The van der Waals surface area contributed by atoms with E-state index in [0.717, 1.165) is 21.8 Å². The number of carbonyl (C=O) groups is 3. The van der Waals surface area contributed by atoms with Crippen molar-refractivity contribution in [1.82, 2.24) is 0 Å². The van der Waals surface area contributed by atoms with Crippen molar-refractivity contribution in [3.05, 3.63) is 90.0 Å². The molecule has 1 N–H and O–H groups in total. The molecule has 2 fully saturated rings. The zero-order valence-corrected chi connectivity index (χ0v) is 18.7. The summed E-state index contributed by atoms with van der Waals surface area (Å²) in [4.78, 5) is 47.4. The molecule has 34 heavy (non-hydrogen) atoms. The van der Waals surface area contributed by atoms with E-state index in [1.807, 2.05) is 73.6 Å². The molecule has 8 nitrogen and oxygen atoms in total. The lowest BCUT2D eigenvalue weighted by Crippen LogP contribution is -2.37. The molecule has 0 aromatic heterocycles. The number of fused-ring (bicyclic) bond motifs is 1. The standard InChI is InChI=1S/C26H23N3O5/c1-27(2)18-12-8-16(9-13-18)22-21-23(34-29(22)20-6-4-3-5-7-20)25(31)28(24(21)30)19-14-10-17(11-15-19)26(32)33/h3-15,21-23H,1-2H3,(H,32,33)/t21-,22+,23+/m1/s1. The predicted molar refractivity (Wildman–Crippen MR) is 127 cm³/mol. The average Bonchev–Trinajstić information content (AvgIpc) is 3.35. The number of para-hydroxylation sites is 1. The summed E-state index contributed by atoms with van der Waals surface area (Å²) in [6.07, 6.45) is -0.981. The zero-order valence-electron chi connectivity index (χ0n) is 18.7. The molecule has 0 unspecified atom stereocenters. The fourth-order valence-electron chi connectivity index (χ4n) is 4.53. The van der Waals surface area contributed by atoms with Gasteiger partial charge >= 0.3 is 5.97 Å². The number of carboxylic acids is 1. The Hall–Kier alpha value is -4.17. The van der Waals surface area contributed by atoms with E-state index in [2.05, 4.69) is 0 Å². The fourth-order valence-corrected chi connectivity index (χ4v) is 4.53. The summed E-state index contributed by atoms with van der Waals surface area (Å²) < 4.78 is 0. The Labute approximate surface area is 196 Å². The van der Waals surface area contributed by atoms with Gasteiger partial charge < -0.3 is 10.0 Å². The van der Waals surface area contributed by atoms with Crippen LogP contribution in [0, 0.1) is 5.92 Å². The first kappa shape index (κ1) is 21.7. The minimum atomic E-state index is -1.08. The number of hydrogen-bond acceptors (Lipinski definition) is 6. The maximum absolute atomic E-state index is 13.6. The first-order valence-electron chi connectivity index (χ1n) is 10.9. The van der Waals surface area contributed by atoms with Crippen LogP contribution in [-0.4, -0.2) is 43.1 Å². The van der Waals surface area contributed by atoms with Gasteiger partial charge in [-0.3, -0.25) is 14.4 Å². The monoisotopic (exact) mass is 457 g/mol. The average molecular weight is 457 g/mol. The molecule has 3 atom stereocenters. The zero-order chi connectivity index (χ0) is 24.0. The van der Waals surface area contributed by atoms with E-state index in [1.54, 1.807) is 5.06 Å². The number of rotatable bonds is 5. The number of imide groups is 1. The number of benzene rings is 3. The molecule has 0 spiro atoms. The highest BCUT2D eigenvalue weighted by atomic mass is 16.7. The van der Waals surface area contributed by atoms with Gasteiger partial charge in [0.15, 0.2) is 6.10 Å². The molecule has 2 saturated heterocycles. The number of anilines is 3. The van der Waals surface area contributed by atoms with Gasteiger partial charge in [-0.15, -0.1) is 0 Å². The predicted octanol–water partition coefficient (Wildman–Crippen LogP) is 3.50. The lowest BCUT2D eigenvalue weighted by Gasteiger charge is -2.29. The molecular weight excluding hydrogens is 434 g/mol. The highest BCUT2D eigenvalue weighted by molar-refractivity contribution is 6.24. The highest BCUT2D eigenvalue weighted by Gasteiger charge is 2.60. The van der Waals surface area contributed by atoms with Crippen molar-refractivity contribution in [1.29, 1.82) is 0 Å². The maximum Gasteiger partial charge on any atom is 0.335 e. The maximum atomic E-state index is 13.6. The summed E-state index contributed by atoms with van der Waals surface area (Å²) in [5, 5.41) is 10.8. The van der Waals surface area contributed by atoms with Gasteiger partial charge in [0.1, 0.15) is 5.92 Å². The van der Waals surface area contributed by atoms with Crippen LogP contribution in [0.15, 0.2) is 78.9 Å². The molecule has 0 aliphatic carbocycles. The molecule has 3 aromatic rings. The third kappa shape index (κ3) is 3.48. The second-order valence-electron chi connectivity index (χ2n) is 8.51. The summed E-state index contributed by atoms with van der Waals surface area (Å²) in [6, 6.07) is 22.4. The van der Waals surface area contributed by atoms with Crippen LogP contribution in [0.2, 0.25) is 0 Å². The molecule has 2 aliphatic rings. The third-order valence-electron chi connectivity index (χ3n) is 6.25. The van der Waals surface area contributed by atoms with E-state index in [1.165, 1.54) is 24.3 Å². The van der Waals surface area contributed by atoms with Gasteiger partial charge in [0.25, 0.3) is 5.91 Å². The number of hydroxylamine groups is 1. The van der Waals surface area contributed by atoms with Crippen LogP contribution in [0.1, 0.15) is 22.0 Å². The number of carboxylic acid groups (broad SMARTS) is 1. The van der Waals surface area contributed by atoms with Crippen molar-refractivity contribution in [3.63, 3.8) is 0 Å². The normalized spacial score (nSPS) is 21.6. The number of hydrogen-bond donors (Lipinski definition) is 1. The molecule has 2 heterocycles. The number of carbonyl (C=O) groups excluding carboxylic acids is 2. The van der Waals surface area contributed by atoms with Gasteiger partial charge in [0.2, 0.25) is 5.91 Å². The van der Waals surface area contributed by atoms with Gasteiger partial charge in [-0.2, -0.15) is 0 Å². The van der Waals surface area contributed by atoms with Crippen molar-refractivity contribution in [2.45, 2.75) is 12.1 Å². The highest BCUT2D eigenvalue weighted by Crippen LogP contribution is 2.47. The first-order valence-corrected chi connectivity index (χ1v) is 10.9. The second-order valence-corrected chi connectivity index (χ2v) is 8.51. The summed E-state index contributed by atoms with van der Waals surface area (Å²) in [5.74, 6) is -2.67. The van der Waals surface area contributed by atoms with E-state index in [0.29, 0.717) is 5.69 Å². The van der Waals surface area contributed by atoms with Gasteiger partial charge in [-0.05, 0) is 54.1 Å². The molecule has 2 aliphatic heterocycles. The van der Waals surface area contributed by atoms with Gasteiger partial charge in [0.05, 0.1) is 23.0 Å². The fraction of sp³-hybridized carbons (Fsp3) is 0.192. The molecule has 0 saturated carbocycles. The molecular formula is C26H23N3O5. The molecule has 0 radical (unpaired) electrons. The van der Waals surface area contributed by atoms with E-state index in [-0.39, 0.29) is 11.5 Å². The van der Waals surface area contributed by atoms with Crippen LogP contribution in [0.25, 0.3) is 0 Å². The van der Waals surface area contributed by atoms with Gasteiger partial charge in [-0.1, -0.05) is 30.3 Å². The van der Waals surface area contributed by atoms with Crippen LogP contribution in [-0.2, 0) is 14.4 Å². The van der Waals surface area contributed by atoms with Gasteiger partial charge in [0, 0.05) is 19.8 Å². The van der Waals surface area contributed by atoms with E-state index < -0.39 is 29.9 Å². The van der Waals surface area contributed by atoms with E-state index in [9.17, 15) is 14.4 Å². The summed E-state index contributed by atoms with van der Waals surface area (Å²) in [5.41, 5.74) is 3.02. The Kier molecular flexibility index (Phi) is 5.30. The molecule has 3 aromatic carbocycles. The van der Waals surface area contributed by atoms with E-state index >= 15 is 0 Å². The Bertz CT molecular complexity index is 1240. The molecule has 2 amide bonds. The largest absolute Gasteiger partial charge is 0.478 e. The summed E-state index contributed by atoms with van der Waals surface area (Å²) in [7, 11) is 3.90. The van der Waals surface area contributed by atoms with Crippen molar-refractivity contribution in [2.75, 3.05) is 29.0 Å². The number of aromatic carboxylic acids is 1. The van der Waals surface area contributed by atoms with Crippen LogP contribution in [0.4, 0.5) is 17.1 Å². The second kappa shape index (κ2) is 8.31. The van der Waals surface area contributed by atoms with Crippen LogP contribution in [0.5, 0.6) is 0 Å². The van der Waals surface area contributed by atoms with Crippen molar-refractivity contribution in [2.24, 2.45) is 5.92 Å². The number of nitrogens with zero attached hydrogens (tertiary/aromatic N) is 3. The quantitative estimate of drug-likeness (QED) is 0.587. The lowest BCUT2D eigenvalue weighted by atomic mass is 9.90. The molecule has 0 bridgehead atoms. The Morgan fingerprint density at radius 3 is 2.09 bits per heavy atom. The van der Waals surface area contributed by atoms with Crippen molar-refractivity contribution < 1.29 is 24.3 Å². The van der Waals surface area contributed by atoms with Gasteiger partial charge in [-0.25, -0.2) is 14.8 Å². The summed E-state index contributed by atoms with van der Waals surface area (Å²) >= 11 is 0. The molecule has 8 heteroatoms. The van der Waals surface area contributed by atoms with Crippen LogP contribution < -0.4 is 14.9 Å². The first-order chi connectivity index (χ1) is 16.4. The van der Waals surface area contributed by atoms with Crippen molar-refractivity contribution >= 4 is 34.8 Å².